The second kappa shape index (κ2) is 4.69. The van der Waals surface area contributed by atoms with Gasteiger partial charge in [-0.05, 0) is 63.2 Å². The van der Waals surface area contributed by atoms with Gasteiger partial charge in [0.2, 0.25) is 0 Å². The third kappa shape index (κ3) is 2.44. The van der Waals surface area contributed by atoms with Crippen molar-refractivity contribution < 1.29 is 5.11 Å². The van der Waals surface area contributed by atoms with Gasteiger partial charge in [0, 0.05) is 0 Å². The second-order valence-corrected chi connectivity index (χ2v) is 5.54. The average Bonchev–Trinajstić information content (AvgIpc) is 2.27. The molecule has 4 unspecified atom stereocenters. The fourth-order valence-corrected chi connectivity index (χ4v) is 3.29. The predicted molar refractivity (Wildman–Crippen MR) is 63.6 cm³/mol. The van der Waals surface area contributed by atoms with Crippen LogP contribution in [0, 0.1) is 17.8 Å². The Kier molecular flexibility index (Phi) is 3.50. The molecule has 0 aromatic rings. The van der Waals surface area contributed by atoms with Crippen LogP contribution in [0.4, 0.5) is 0 Å². The van der Waals surface area contributed by atoms with Gasteiger partial charge in [0.1, 0.15) is 0 Å². The quantitative estimate of drug-likeness (QED) is 0.688. The molecule has 4 atom stereocenters. The zero-order valence-corrected chi connectivity index (χ0v) is 10.1. The molecule has 0 aromatic carbocycles. The molecular weight excluding hydrogens is 184 g/mol. The van der Waals surface area contributed by atoms with Crippen molar-refractivity contribution in [3.05, 3.63) is 11.6 Å². The number of hydrogen-bond acceptors (Lipinski definition) is 1. The summed E-state index contributed by atoms with van der Waals surface area (Å²) >= 11 is 0. The molecule has 1 heteroatoms. The van der Waals surface area contributed by atoms with Gasteiger partial charge in [0.25, 0.3) is 0 Å². The maximum Gasteiger partial charge on any atom is 0.0540 e. The van der Waals surface area contributed by atoms with Crippen LogP contribution in [0.15, 0.2) is 11.6 Å². The van der Waals surface area contributed by atoms with Gasteiger partial charge in [0.15, 0.2) is 0 Å². The normalized spacial score (nSPS) is 35.3. The first kappa shape index (κ1) is 11.2. The van der Waals surface area contributed by atoms with Gasteiger partial charge in [-0.3, -0.25) is 0 Å². The molecule has 2 aliphatic rings. The standard InChI is InChI=1S/C14H24O/c1-10(11(2)15)13-8-7-12-5-3-4-6-14(12)9-13/h5,10-11,13-15H,3-4,6-9H2,1-2H3. The summed E-state index contributed by atoms with van der Waals surface area (Å²) in [4.78, 5) is 0. The van der Waals surface area contributed by atoms with Crippen molar-refractivity contribution >= 4 is 0 Å². The summed E-state index contributed by atoms with van der Waals surface area (Å²) in [6.07, 6.45) is 10.4. The van der Waals surface area contributed by atoms with Crippen molar-refractivity contribution in [2.24, 2.45) is 17.8 Å². The highest BCUT2D eigenvalue weighted by Crippen LogP contribution is 2.42. The van der Waals surface area contributed by atoms with E-state index in [1.807, 2.05) is 6.92 Å². The van der Waals surface area contributed by atoms with Crippen molar-refractivity contribution in [3.8, 4) is 0 Å². The lowest BCUT2D eigenvalue weighted by atomic mass is 9.69. The van der Waals surface area contributed by atoms with Gasteiger partial charge in [0.05, 0.1) is 6.10 Å². The second-order valence-electron chi connectivity index (χ2n) is 5.54. The number of fused-ring (bicyclic) bond motifs is 1. The fraction of sp³-hybridized carbons (Fsp3) is 0.857. The van der Waals surface area contributed by atoms with Crippen LogP contribution in [0.25, 0.3) is 0 Å². The van der Waals surface area contributed by atoms with E-state index >= 15 is 0 Å². The highest BCUT2D eigenvalue weighted by molar-refractivity contribution is 5.13. The van der Waals surface area contributed by atoms with Gasteiger partial charge in [-0.2, -0.15) is 0 Å². The van der Waals surface area contributed by atoms with Crippen molar-refractivity contribution in [2.45, 2.75) is 58.5 Å². The van der Waals surface area contributed by atoms with E-state index in [-0.39, 0.29) is 6.10 Å². The highest BCUT2D eigenvalue weighted by atomic mass is 16.3. The molecule has 15 heavy (non-hydrogen) atoms. The van der Waals surface area contributed by atoms with Crippen LogP contribution in [0.3, 0.4) is 0 Å². The molecule has 1 N–H and O–H groups in total. The summed E-state index contributed by atoms with van der Waals surface area (Å²) in [6.45, 7) is 4.16. The monoisotopic (exact) mass is 208 g/mol. The lowest BCUT2D eigenvalue weighted by molar-refractivity contribution is 0.0789. The third-order valence-corrected chi connectivity index (χ3v) is 4.58. The molecule has 0 radical (unpaired) electrons. The van der Waals surface area contributed by atoms with Crippen molar-refractivity contribution in [2.75, 3.05) is 0 Å². The topological polar surface area (TPSA) is 20.2 Å². The molecule has 1 fully saturated rings. The van der Waals surface area contributed by atoms with Gasteiger partial charge in [-0.1, -0.05) is 18.6 Å². The van der Waals surface area contributed by atoms with Crippen LogP contribution < -0.4 is 0 Å². The van der Waals surface area contributed by atoms with E-state index in [2.05, 4.69) is 13.0 Å². The highest BCUT2D eigenvalue weighted by Gasteiger charge is 2.31. The van der Waals surface area contributed by atoms with Crippen molar-refractivity contribution in [1.82, 2.24) is 0 Å². The van der Waals surface area contributed by atoms with Crippen LogP contribution in [-0.4, -0.2) is 11.2 Å². The molecule has 1 nitrogen and oxygen atoms in total. The van der Waals surface area contributed by atoms with E-state index in [0.29, 0.717) is 5.92 Å². The summed E-state index contributed by atoms with van der Waals surface area (Å²) in [7, 11) is 0. The van der Waals surface area contributed by atoms with Gasteiger partial charge < -0.3 is 5.11 Å². The lowest BCUT2D eigenvalue weighted by Crippen LogP contribution is -2.29. The fourth-order valence-electron chi connectivity index (χ4n) is 3.29. The molecule has 2 aliphatic carbocycles. The molecule has 0 bridgehead atoms. The van der Waals surface area contributed by atoms with E-state index in [9.17, 15) is 5.11 Å². The molecule has 1 saturated carbocycles. The van der Waals surface area contributed by atoms with E-state index in [1.54, 1.807) is 5.57 Å². The lowest BCUT2D eigenvalue weighted by Gasteiger charge is -2.37. The van der Waals surface area contributed by atoms with Crippen LogP contribution in [0.2, 0.25) is 0 Å². The first-order chi connectivity index (χ1) is 7.18. The molecule has 0 spiro atoms. The van der Waals surface area contributed by atoms with Crippen LogP contribution in [-0.2, 0) is 0 Å². The number of aliphatic hydroxyl groups is 1. The summed E-state index contributed by atoms with van der Waals surface area (Å²) in [5.41, 5.74) is 1.73. The first-order valence-corrected chi connectivity index (χ1v) is 6.55. The Bertz CT molecular complexity index is 242. The number of aliphatic hydroxyl groups excluding tert-OH is 1. The summed E-state index contributed by atoms with van der Waals surface area (Å²) in [5, 5.41) is 9.65. The summed E-state index contributed by atoms with van der Waals surface area (Å²) in [5.74, 6) is 2.09. The Labute approximate surface area is 93.6 Å². The Morgan fingerprint density at radius 1 is 1.33 bits per heavy atom. The van der Waals surface area contributed by atoms with E-state index < -0.39 is 0 Å². The van der Waals surface area contributed by atoms with Gasteiger partial charge in [-0.15, -0.1) is 0 Å². The number of allylic oxidation sites excluding steroid dienone is 2. The average molecular weight is 208 g/mol. The van der Waals surface area contributed by atoms with Crippen molar-refractivity contribution in [1.29, 1.82) is 0 Å². The van der Waals surface area contributed by atoms with E-state index in [1.165, 1.54) is 38.5 Å². The molecule has 0 heterocycles. The largest absolute Gasteiger partial charge is 0.393 e. The maximum absolute atomic E-state index is 9.65. The molecule has 0 amide bonds. The Morgan fingerprint density at radius 2 is 2.13 bits per heavy atom. The molecule has 0 aromatic heterocycles. The minimum Gasteiger partial charge on any atom is -0.393 e. The van der Waals surface area contributed by atoms with Crippen LogP contribution in [0.1, 0.15) is 52.4 Å². The Balaban J connectivity index is 1.97. The minimum absolute atomic E-state index is 0.135. The number of hydrogen-bond donors (Lipinski definition) is 1. The molecule has 0 aliphatic heterocycles. The van der Waals surface area contributed by atoms with E-state index in [4.69, 9.17) is 0 Å². The van der Waals surface area contributed by atoms with E-state index in [0.717, 1.165) is 11.8 Å². The van der Waals surface area contributed by atoms with Crippen LogP contribution in [0.5, 0.6) is 0 Å². The molecule has 2 rings (SSSR count). The molecular formula is C14H24O. The predicted octanol–water partition coefficient (Wildman–Crippen LogP) is 3.53. The molecule has 0 saturated heterocycles. The maximum atomic E-state index is 9.65. The Hall–Kier alpha value is -0.300. The van der Waals surface area contributed by atoms with Crippen molar-refractivity contribution in [3.63, 3.8) is 0 Å². The van der Waals surface area contributed by atoms with Crippen LogP contribution >= 0.6 is 0 Å². The first-order valence-electron chi connectivity index (χ1n) is 6.55. The third-order valence-electron chi connectivity index (χ3n) is 4.58. The zero-order chi connectivity index (χ0) is 10.8. The Morgan fingerprint density at radius 3 is 2.87 bits per heavy atom. The summed E-state index contributed by atoms with van der Waals surface area (Å²) in [6, 6.07) is 0. The van der Waals surface area contributed by atoms with Gasteiger partial charge in [-0.25, -0.2) is 0 Å². The number of rotatable bonds is 2. The zero-order valence-electron chi connectivity index (χ0n) is 10.1. The van der Waals surface area contributed by atoms with Gasteiger partial charge >= 0.3 is 0 Å². The molecule has 86 valence electrons. The SMILES string of the molecule is CC(O)C(C)C1CCC2=CCCCC2C1. The minimum atomic E-state index is -0.135. The smallest absolute Gasteiger partial charge is 0.0540 e. The summed E-state index contributed by atoms with van der Waals surface area (Å²) < 4.78 is 0.